The van der Waals surface area contributed by atoms with Crippen LogP contribution in [0.4, 0.5) is 4.39 Å². The lowest BCUT2D eigenvalue weighted by molar-refractivity contribution is 0.0623. The summed E-state index contributed by atoms with van der Waals surface area (Å²) in [5.41, 5.74) is 3.42. The topological polar surface area (TPSA) is 39.3 Å². The van der Waals surface area contributed by atoms with E-state index in [1.54, 1.807) is 6.07 Å². The number of halogens is 1. The van der Waals surface area contributed by atoms with E-state index in [1.807, 2.05) is 17.9 Å². The van der Waals surface area contributed by atoms with Crippen molar-refractivity contribution in [2.75, 3.05) is 26.2 Å². The van der Waals surface area contributed by atoms with Crippen molar-refractivity contribution >= 4 is 16.8 Å². The molecule has 0 spiro atoms. The molecule has 0 bridgehead atoms. The summed E-state index contributed by atoms with van der Waals surface area (Å²) in [6, 6.07) is 15.0. The van der Waals surface area contributed by atoms with Crippen molar-refractivity contribution in [2.45, 2.75) is 13.5 Å². The number of carbonyl (C=O) groups is 1. The first-order valence-corrected chi connectivity index (χ1v) is 8.95. The molecule has 0 radical (unpaired) electrons. The predicted molar refractivity (Wildman–Crippen MR) is 101 cm³/mol. The highest BCUT2D eigenvalue weighted by Crippen LogP contribution is 2.24. The smallest absolute Gasteiger partial charge is 0.270 e. The molecule has 0 unspecified atom stereocenters. The standard InChI is InChI=1S/C21H22FN3O/c1-15-18-8-7-17(22)13-19(18)23-20(15)21(26)25-11-9-24(10-12-25)14-16-5-3-2-4-6-16/h2-8,13,23H,9-12,14H2,1H3. The molecule has 26 heavy (non-hydrogen) atoms. The molecule has 134 valence electrons. The molecule has 5 heteroatoms. The summed E-state index contributed by atoms with van der Waals surface area (Å²) in [6.07, 6.45) is 0. The van der Waals surface area contributed by atoms with Gasteiger partial charge < -0.3 is 9.88 Å². The number of benzene rings is 2. The molecule has 0 saturated carbocycles. The molecule has 1 fully saturated rings. The molecule has 4 rings (SSSR count). The van der Waals surface area contributed by atoms with Crippen molar-refractivity contribution in [3.8, 4) is 0 Å². The van der Waals surface area contributed by atoms with Gasteiger partial charge in [0.1, 0.15) is 11.5 Å². The fourth-order valence-electron chi connectivity index (χ4n) is 3.63. The van der Waals surface area contributed by atoms with Gasteiger partial charge in [-0.2, -0.15) is 0 Å². The Morgan fingerprint density at radius 2 is 1.81 bits per heavy atom. The Morgan fingerprint density at radius 1 is 1.08 bits per heavy atom. The van der Waals surface area contributed by atoms with Crippen LogP contribution in [0.15, 0.2) is 48.5 Å². The third-order valence-electron chi connectivity index (χ3n) is 5.14. The summed E-state index contributed by atoms with van der Waals surface area (Å²) in [7, 11) is 0. The molecule has 1 aromatic heterocycles. The highest BCUT2D eigenvalue weighted by atomic mass is 19.1. The Balaban J connectivity index is 1.44. The number of amides is 1. The monoisotopic (exact) mass is 351 g/mol. The van der Waals surface area contributed by atoms with Crippen LogP contribution in [-0.4, -0.2) is 46.9 Å². The average molecular weight is 351 g/mol. The van der Waals surface area contributed by atoms with Crippen LogP contribution in [-0.2, 0) is 6.54 Å². The molecule has 4 nitrogen and oxygen atoms in total. The highest BCUT2D eigenvalue weighted by molar-refractivity contribution is 6.00. The van der Waals surface area contributed by atoms with Crippen molar-refractivity contribution in [1.82, 2.24) is 14.8 Å². The number of hydrogen-bond donors (Lipinski definition) is 1. The maximum absolute atomic E-state index is 13.4. The van der Waals surface area contributed by atoms with Gasteiger partial charge in [-0.1, -0.05) is 30.3 Å². The summed E-state index contributed by atoms with van der Waals surface area (Å²) in [6.45, 7) is 5.94. The number of carbonyl (C=O) groups excluding carboxylic acids is 1. The average Bonchev–Trinajstić information content (AvgIpc) is 2.98. The zero-order chi connectivity index (χ0) is 18.1. The molecule has 0 aliphatic carbocycles. The van der Waals surface area contributed by atoms with Crippen LogP contribution in [0.2, 0.25) is 0 Å². The minimum atomic E-state index is -0.299. The lowest BCUT2D eigenvalue weighted by Gasteiger charge is -2.34. The fraction of sp³-hybridized carbons (Fsp3) is 0.286. The van der Waals surface area contributed by atoms with Crippen molar-refractivity contribution in [1.29, 1.82) is 0 Å². The molecule has 0 atom stereocenters. The third kappa shape index (κ3) is 3.22. The Labute approximate surface area is 152 Å². The number of piperazine rings is 1. The van der Waals surface area contributed by atoms with E-state index in [-0.39, 0.29) is 11.7 Å². The number of aromatic amines is 1. The second-order valence-electron chi connectivity index (χ2n) is 6.87. The van der Waals surface area contributed by atoms with E-state index in [1.165, 1.54) is 17.7 Å². The first-order chi connectivity index (χ1) is 12.6. The molecule has 2 heterocycles. The normalized spacial score (nSPS) is 15.5. The van der Waals surface area contributed by atoms with Gasteiger partial charge in [-0.3, -0.25) is 9.69 Å². The zero-order valence-corrected chi connectivity index (χ0v) is 14.8. The van der Waals surface area contributed by atoms with Gasteiger partial charge in [0.05, 0.1) is 0 Å². The minimum absolute atomic E-state index is 0.00142. The molecule has 1 aliphatic rings. The Hall–Kier alpha value is -2.66. The van der Waals surface area contributed by atoms with E-state index in [0.717, 1.165) is 30.6 Å². The second-order valence-corrected chi connectivity index (χ2v) is 6.87. The molecule has 3 aromatic rings. The van der Waals surface area contributed by atoms with Crippen LogP contribution in [0.5, 0.6) is 0 Å². The van der Waals surface area contributed by atoms with Gasteiger partial charge in [-0.25, -0.2) is 4.39 Å². The van der Waals surface area contributed by atoms with Crippen LogP contribution in [0.1, 0.15) is 21.6 Å². The number of hydrogen-bond acceptors (Lipinski definition) is 2. The van der Waals surface area contributed by atoms with E-state index < -0.39 is 0 Å². The third-order valence-corrected chi connectivity index (χ3v) is 5.14. The Kier molecular flexibility index (Phi) is 4.47. The number of aromatic nitrogens is 1. The number of nitrogens with one attached hydrogen (secondary N) is 1. The fourth-order valence-corrected chi connectivity index (χ4v) is 3.63. The number of fused-ring (bicyclic) bond motifs is 1. The Bertz CT molecular complexity index is 927. The highest BCUT2D eigenvalue weighted by Gasteiger charge is 2.25. The largest absolute Gasteiger partial charge is 0.350 e. The first kappa shape index (κ1) is 16.8. The van der Waals surface area contributed by atoms with E-state index >= 15 is 0 Å². The predicted octanol–water partition coefficient (Wildman–Crippen LogP) is 3.57. The van der Waals surface area contributed by atoms with Gasteiger partial charge in [0.15, 0.2) is 0 Å². The lowest BCUT2D eigenvalue weighted by Crippen LogP contribution is -2.48. The second kappa shape index (κ2) is 6.92. The quantitative estimate of drug-likeness (QED) is 0.783. The van der Waals surface area contributed by atoms with E-state index in [4.69, 9.17) is 0 Å². The minimum Gasteiger partial charge on any atom is -0.350 e. The molecular formula is C21H22FN3O. The summed E-state index contributed by atoms with van der Waals surface area (Å²) < 4.78 is 13.4. The van der Waals surface area contributed by atoms with Gasteiger partial charge in [0.25, 0.3) is 5.91 Å². The van der Waals surface area contributed by atoms with Gasteiger partial charge in [-0.15, -0.1) is 0 Å². The summed E-state index contributed by atoms with van der Waals surface area (Å²) >= 11 is 0. The first-order valence-electron chi connectivity index (χ1n) is 8.95. The summed E-state index contributed by atoms with van der Waals surface area (Å²) in [5, 5.41) is 0.900. The van der Waals surface area contributed by atoms with Crippen molar-refractivity contribution in [3.05, 3.63) is 71.2 Å². The number of nitrogens with zero attached hydrogens (tertiary/aromatic N) is 2. The van der Waals surface area contributed by atoms with E-state index in [2.05, 4.69) is 34.1 Å². The van der Waals surface area contributed by atoms with Crippen LogP contribution in [0, 0.1) is 12.7 Å². The molecule has 2 aromatic carbocycles. The number of aryl methyl sites for hydroxylation is 1. The maximum Gasteiger partial charge on any atom is 0.270 e. The SMILES string of the molecule is Cc1c(C(=O)N2CCN(Cc3ccccc3)CC2)[nH]c2cc(F)ccc12. The van der Waals surface area contributed by atoms with Crippen LogP contribution in [0.3, 0.4) is 0 Å². The zero-order valence-electron chi connectivity index (χ0n) is 14.8. The van der Waals surface area contributed by atoms with Gasteiger partial charge >= 0.3 is 0 Å². The van der Waals surface area contributed by atoms with Crippen molar-refractivity contribution in [3.63, 3.8) is 0 Å². The summed E-state index contributed by atoms with van der Waals surface area (Å²) in [4.78, 5) is 20.3. The van der Waals surface area contributed by atoms with Gasteiger partial charge in [0.2, 0.25) is 0 Å². The van der Waals surface area contributed by atoms with E-state index in [9.17, 15) is 9.18 Å². The van der Waals surface area contributed by atoms with Crippen LogP contribution >= 0.6 is 0 Å². The van der Waals surface area contributed by atoms with Gasteiger partial charge in [-0.05, 0) is 36.2 Å². The van der Waals surface area contributed by atoms with Crippen molar-refractivity contribution in [2.24, 2.45) is 0 Å². The van der Waals surface area contributed by atoms with Crippen LogP contribution in [0.25, 0.3) is 10.9 Å². The van der Waals surface area contributed by atoms with Crippen molar-refractivity contribution < 1.29 is 9.18 Å². The molecule has 1 saturated heterocycles. The maximum atomic E-state index is 13.4. The Morgan fingerprint density at radius 3 is 2.54 bits per heavy atom. The molecule has 1 amide bonds. The number of H-pyrrole nitrogens is 1. The molecule has 1 aliphatic heterocycles. The summed E-state index contributed by atoms with van der Waals surface area (Å²) in [5.74, 6) is -0.300. The molecule has 1 N–H and O–H groups in total. The number of rotatable bonds is 3. The van der Waals surface area contributed by atoms with Gasteiger partial charge in [0, 0.05) is 43.6 Å². The lowest BCUT2D eigenvalue weighted by atomic mass is 10.1. The van der Waals surface area contributed by atoms with E-state index in [0.29, 0.717) is 24.3 Å². The molecular weight excluding hydrogens is 329 g/mol. The van der Waals surface area contributed by atoms with Crippen LogP contribution < -0.4 is 0 Å².